The lowest BCUT2D eigenvalue weighted by Crippen LogP contribution is -2.29. The van der Waals surface area contributed by atoms with Crippen LogP contribution in [-0.2, 0) is 11.2 Å². The Labute approximate surface area is 105 Å². The fraction of sp³-hybridized carbons (Fsp3) is 0.714. The Bertz CT molecular complexity index is 270. The highest BCUT2D eigenvalue weighted by atomic mass is 16.5. The van der Waals surface area contributed by atoms with Gasteiger partial charge < -0.3 is 14.5 Å². The first-order valence-corrected chi connectivity index (χ1v) is 6.52. The van der Waals surface area contributed by atoms with Gasteiger partial charge in [0.25, 0.3) is 0 Å². The minimum absolute atomic E-state index is 0.450. The van der Waals surface area contributed by atoms with E-state index in [1.165, 1.54) is 0 Å². The molecule has 1 aromatic rings. The largest absolute Gasteiger partial charge is 0.469 e. The van der Waals surface area contributed by atoms with Crippen molar-refractivity contribution in [2.75, 3.05) is 19.8 Å². The van der Waals surface area contributed by atoms with Gasteiger partial charge in [0.05, 0.1) is 6.26 Å². The summed E-state index contributed by atoms with van der Waals surface area (Å²) in [5.41, 5.74) is 0. The number of hydrogen-bond donors (Lipinski definition) is 1. The summed E-state index contributed by atoms with van der Waals surface area (Å²) >= 11 is 0. The normalized spacial score (nSPS) is 13.2. The second kappa shape index (κ2) is 8.31. The zero-order chi connectivity index (χ0) is 12.5. The lowest BCUT2D eigenvalue weighted by atomic mass is 10.2. The van der Waals surface area contributed by atoms with Crippen LogP contribution >= 0.6 is 0 Å². The van der Waals surface area contributed by atoms with E-state index in [4.69, 9.17) is 9.15 Å². The van der Waals surface area contributed by atoms with E-state index in [2.05, 4.69) is 26.1 Å². The van der Waals surface area contributed by atoms with Gasteiger partial charge in [-0.05, 0) is 37.9 Å². The zero-order valence-electron chi connectivity index (χ0n) is 11.2. The summed E-state index contributed by atoms with van der Waals surface area (Å²) in [5.74, 6) is 1.67. The Morgan fingerprint density at radius 1 is 1.35 bits per heavy atom. The maximum Gasteiger partial charge on any atom is 0.105 e. The van der Waals surface area contributed by atoms with Gasteiger partial charge >= 0.3 is 0 Å². The van der Waals surface area contributed by atoms with E-state index in [0.717, 1.165) is 38.4 Å². The molecule has 0 aliphatic rings. The van der Waals surface area contributed by atoms with Crippen molar-refractivity contribution in [3.8, 4) is 0 Å². The molecule has 1 N–H and O–H groups in total. The summed E-state index contributed by atoms with van der Waals surface area (Å²) in [5, 5.41) is 3.47. The second-order valence-electron chi connectivity index (χ2n) is 4.96. The molecule has 0 aromatic carbocycles. The lowest BCUT2D eigenvalue weighted by Gasteiger charge is -2.12. The molecule has 1 heterocycles. The molecule has 0 spiro atoms. The van der Waals surface area contributed by atoms with Gasteiger partial charge in [-0.3, -0.25) is 0 Å². The van der Waals surface area contributed by atoms with Gasteiger partial charge in [-0.25, -0.2) is 0 Å². The van der Waals surface area contributed by atoms with Gasteiger partial charge in [0.15, 0.2) is 0 Å². The number of hydrogen-bond acceptors (Lipinski definition) is 3. The summed E-state index contributed by atoms with van der Waals surface area (Å²) in [6.07, 6.45) is 3.73. The zero-order valence-corrected chi connectivity index (χ0v) is 11.2. The molecule has 0 aliphatic heterocycles. The maximum atomic E-state index is 5.52. The topological polar surface area (TPSA) is 34.4 Å². The van der Waals surface area contributed by atoms with Crippen molar-refractivity contribution in [3.05, 3.63) is 24.2 Å². The van der Waals surface area contributed by atoms with Gasteiger partial charge in [0.1, 0.15) is 5.76 Å². The average molecular weight is 239 g/mol. The minimum Gasteiger partial charge on any atom is -0.469 e. The Morgan fingerprint density at radius 2 is 2.18 bits per heavy atom. The van der Waals surface area contributed by atoms with Crippen LogP contribution < -0.4 is 5.32 Å². The standard InChI is InChI=1S/C14H25NO2/c1-12(2)11-16-8-5-7-15-13(3)10-14-6-4-9-17-14/h4,6,9,12-13,15H,5,7-8,10-11H2,1-3H3. The monoisotopic (exact) mass is 239 g/mol. The van der Waals surface area contributed by atoms with E-state index >= 15 is 0 Å². The van der Waals surface area contributed by atoms with Crippen LogP contribution in [0.5, 0.6) is 0 Å². The highest BCUT2D eigenvalue weighted by Crippen LogP contribution is 2.03. The third-order valence-corrected chi connectivity index (χ3v) is 2.50. The van der Waals surface area contributed by atoms with Crippen molar-refractivity contribution in [3.63, 3.8) is 0 Å². The summed E-state index contributed by atoms with van der Waals surface area (Å²) in [4.78, 5) is 0. The van der Waals surface area contributed by atoms with Crippen molar-refractivity contribution < 1.29 is 9.15 Å². The van der Waals surface area contributed by atoms with Crippen LogP contribution in [-0.4, -0.2) is 25.8 Å². The molecule has 17 heavy (non-hydrogen) atoms. The van der Waals surface area contributed by atoms with Gasteiger partial charge in [-0.2, -0.15) is 0 Å². The van der Waals surface area contributed by atoms with Crippen molar-refractivity contribution in [1.82, 2.24) is 5.32 Å². The summed E-state index contributed by atoms with van der Waals surface area (Å²) in [6, 6.07) is 4.40. The molecule has 0 saturated heterocycles. The first-order valence-electron chi connectivity index (χ1n) is 6.52. The highest BCUT2D eigenvalue weighted by molar-refractivity contribution is 4.99. The lowest BCUT2D eigenvalue weighted by molar-refractivity contribution is 0.107. The molecule has 3 heteroatoms. The van der Waals surface area contributed by atoms with Crippen molar-refractivity contribution >= 4 is 0 Å². The first-order chi connectivity index (χ1) is 8.18. The van der Waals surface area contributed by atoms with Crippen LogP contribution in [0, 0.1) is 5.92 Å². The molecule has 0 radical (unpaired) electrons. The minimum atomic E-state index is 0.450. The van der Waals surface area contributed by atoms with Gasteiger partial charge in [0.2, 0.25) is 0 Å². The van der Waals surface area contributed by atoms with Crippen LogP contribution in [0.2, 0.25) is 0 Å². The molecule has 0 fully saturated rings. The molecule has 1 aromatic heterocycles. The van der Waals surface area contributed by atoms with Crippen LogP contribution in [0.1, 0.15) is 33.0 Å². The molecule has 98 valence electrons. The second-order valence-corrected chi connectivity index (χ2v) is 4.96. The maximum absolute atomic E-state index is 5.52. The summed E-state index contributed by atoms with van der Waals surface area (Å²) in [7, 11) is 0. The van der Waals surface area contributed by atoms with E-state index in [1.54, 1.807) is 6.26 Å². The van der Waals surface area contributed by atoms with Crippen LogP contribution in [0.15, 0.2) is 22.8 Å². The molecule has 0 bridgehead atoms. The van der Waals surface area contributed by atoms with E-state index < -0.39 is 0 Å². The SMILES string of the molecule is CC(C)COCCCNC(C)Cc1ccco1. The first kappa shape index (κ1) is 14.3. The van der Waals surface area contributed by atoms with Crippen molar-refractivity contribution in [1.29, 1.82) is 0 Å². The molecular weight excluding hydrogens is 214 g/mol. The van der Waals surface area contributed by atoms with Crippen LogP contribution in [0.4, 0.5) is 0 Å². The van der Waals surface area contributed by atoms with E-state index in [0.29, 0.717) is 12.0 Å². The van der Waals surface area contributed by atoms with E-state index in [-0.39, 0.29) is 0 Å². The Balaban J connectivity index is 1.95. The van der Waals surface area contributed by atoms with Crippen LogP contribution in [0.25, 0.3) is 0 Å². The highest BCUT2D eigenvalue weighted by Gasteiger charge is 2.04. The number of nitrogens with one attached hydrogen (secondary N) is 1. The third kappa shape index (κ3) is 7.18. The molecule has 1 atom stereocenters. The summed E-state index contributed by atoms with van der Waals surface area (Å²) in [6.45, 7) is 9.23. The predicted molar refractivity (Wildman–Crippen MR) is 70.2 cm³/mol. The Morgan fingerprint density at radius 3 is 2.82 bits per heavy atom. The van der Waals surface area contributed by atoms with E-state index in [1.807, 2.05) is 12.1 Å². The molecule has 3 nitrogen and oxygen atoms in total. The Hall–Kier alpha value is -0.800. The van der Waals surface area contributed by atoms with Gasteiger partial charge in [-0.1, -0.05) is 13.8 Å². The molecular formula is C14H25NO2. The summed E-state index contributed by atoms with van der Waals surface area (Å²) < 4.78 is 10.8. The number of furan rings is 1. The fourth-order valence-corrected chi connectivity index (χ4v) is 1.64. The predicted octanol–water partition coefficient (Wildman–Crippen LogP) is 2.86. The molecule has 0 amide bonds. The number of rotatable bonds is 9. The molecule has 0 aliphatic carbocycles. The molecule has 0 saturated carbocycles. The molecule has 1 unspecified atom stereocenters. The average Bonchev–Trinajstić information content (AvgIpc) is 2.75. The molecule has 1 rings (SSSR count). The van der Waals surface area contributed by atoms with Crippen molar-refractivity contribution in [2.24, 2.45) is 5.92 Å². The smallest absolute Gasteiger partial charge is 0.105 e. The van der Waals surface area contributed by atoms with Crippen LogP contribution in [0.3, 0.4) is 0 Å². The Kier molecular flexibility index (Phi) is 6.97. The fourth-order valence-electron chi connectivity index (χ4n) is 1.64. The van der Waals surface area contributed by atoms with Gasteiger partial charge in [-0.15, -0.1) is 0 Å². The number of ether oxygens (including phenoxy) is 1. The van der Waals surface area contributed by atoms with Gasteiger partial charge in [0, 0.05) is 25.7 Å². The van der Waals surface area contributed by atoms with E-state index in [9.17, 15) is 0 Å². The van der Waals surface area contributed by atoms with Crippen molar-refractivity contribution in [2.45, 2.75) is 39.7 Å². The quantitative estimate of drug-likeness (QED) is 0.673. The third-order valence-electron chi connectivity index (χ3n) is 2.50.